The number of sulfonamides is 1. The number of ether oxygens (including phenoxy) is 2. The zero-order valence-corrected chi connectivity index (χ0v) is 21.3. The van der Waals surface area contributed by atoms with E-state index in [9.17, 15) is 8.42 Å². The summed E-state index contributed by atoms with van der Waals surface area (Å²) in [7, 11) is -0.780. The van der Waals surface area contributed by atoms with Gasteiger partial charge in [-0.05, 0) is 42.5 Å². The van der Waals surface area contributed by atoms with Gasteiger partial charge in [0.1, 0.15) is 16.4 Å². The van der Waals surface area contributed by atoms with Crippen molar-refractivity contribution in [3.8, 4) is 11.5 Å². The number of rotatable bonds is 10. The highest BCUT2D eigenvalue weighted by atomic mass is 32.2. The Balaban J connectivity index is 1.57. The van der Waals surface area contributed by atoms with Crippen molar-refractivity contribution in [3.05, 3.63) is 90.0 Å². The zero-order chi connectivity index (χ0) is 24.7. The highest BCUT2D eigenvalue weighted by Crippen LogP contribution is 2.33. The van der Waals surface area contributed by atoms with Gasteiger partial charge >= 0.3 is 0 Å². The highest BCUT2D eigenvalue weighted by Gasteiger charge is 2.35. The Hall–Kier alpha value is -2.87. The maximum Gasteiger partial charge on any atom is 0.247 e. The van der Waals surface area contributed by atoms with Gasteiger partial charge < -0.3 is 9.47 Å². The number of benzene rings is 3. The molecule has 0 aromatic heterocycles. The van der Waals surface area contributed by atoms with Crippen LogP contribution in [0.3, 0.4) is 0 Å². The second kappa shape index (κ2) is 11.7. The van der Waals surface area contributed by atoms with Crippen LogP contribution in [0.1, 0.15) is 24.0 Å². The minimum absolute atomic E-state index is 0.0772. The van der Waals surface area contributed by atoms with Crippen molar-refractivity contribution in [1.82, 2.24) is 9.21 Å². The second-order valence-corrected chi connectivity index (χ2v) is 10.7. The van der Waals surface area contributed by atoms with Gasteiger partial charge in [0.2, 0.25) is 10.0 Å². The lowest BCUT2D eigenvalue weighted by atomic mass is 10.0. The molecular weight excluding hydrogens is 460 g/mol. The third kappa shape index (κ3) is 6.23. The first-order chi connectivity index (χ1) is 17.0. The van der Waals surface area contributed by atoms with E-state index < -0.39 is 10.0 Å². The smallest absolute Gasteiger partial charge is 0.247 e. The quantitative estimate of drug-likeness (QED) is 0.412. The summed E-state index contributed by atoms with van der Waals surface area (Å²) in [6.07, 6.45) is 2.22. The van der Waals surface area contributed by atoms with E-state index in [0.717, 1.165) is 38.0 Å². The molecule has 3 aromatic rings. The SMILES string of the molecule is COc1ccc(OC)c(S(=O)(=O)N(CCc2ccccc2)C2CCN(Cc3ccccc3)CC2)c1. The van der Waals surface area contributed by atoms with Gasteiger partial charge in [-0.1, -0.05) is 60.7 Å². The summed E-state index contributed by atoms with van der Waals surface area (Å²) in [6.45, 7) is 3.00. The highest BCUT2D eigenvalue weighted by molar-refractivity contribution is 7.89. The van der Waals surface area contributed by atoms with Crippen LogP contribution in [0.4, 0.5) is 0 Å². The fourth-order valence-electron chi connectivity index (χ4n) is 4.70. The third-order valence-electron chi connectivity index (χ3n) is 6.63. The van der Waals surface area contributed by atoms with Crippen LogP contribution >= 0.6 is 0 Å². The van der Waals surface area contributed by atoms with Gasteiger partial charge in [0.05, 0.1) is 14.2 Å². The lowest BCUT2D eigenvalue weighted by Crippen LogP contribution is -2.47. The molecule has 0 atom stereocenters. The van der Waals surface area contributed by atoms with E-state index >= 15 is 0 Å². The molecule has 0 bridgehead atoms. The van der Waals surface area contributed by atoms with E-state index in [2.05, 4.69) is 29.2 Å². The van der Waals surface area contributed by atoms with Gasteiger partial charge in [-0.25, -0.2) is 8.42 Å². The molecule has 35 heavy (non-hydrogen) atoms. The molecule has 1 saturated heterocycles. The van der Waals surface area contributed by atoms with E-state index in [1.165, 1.54) is 19.8 Å². The van der Waals surface area contributed by atoms with E-state index in [1.807, 2.05) is 36.4 Å². The summed E-state index contributed by atoms with van der Waals surface area (Å²) in [5.74, 6) is 0.821. The van der Waals surface area contributed by atoms with Crippen LogP contribution in [0.15, 0.2) is 83.8 Å². The molecule has 1 fully saturated rings. The molecule has 0 saturated carbocycles. The van der Waals surface area contributed by atoms with Crippen LogP contribution in [0.25, 0.3) is 0 Å². The third-order valence-corrected chi connectivity index (χ3v) is 8.61. The van der Waals surface area contributed by atoms with Gasteiger partial charge in [0.15, 0.2) is 0 Å². The fraction of sp³-hybridized carbons (Fsp3) is 0.357. The lowest BCUT2D eigenvalue weighted by Gasteiger charge is -2.38. The summed E-state index contributed by atoms with van der Waals surface area (Å²) in [6, 6.07) is 25.3. The van der Waals surface area contributed by atoms with Crippen molar-refractivity contribution >= 4 is 10.0 Å². The van der Waals surface area contributed by atoms with Gasteiger partial charge in [-0.2, -0.15) is 4.31 Å². The number of hydrogen-bond donors (Lipinski definition) is 0. The second-order valence-electron chi connectivity index (χ2n) is 8.86. The molecule has 0 amide bonds. The zero-order valence-electron chi connectivity index (χ0n) is 20.5. The largest absolute Gasteiger partial charge is 0.497 e. The predicted octanol–water partition coefficient (Wildman–Crippen LogP) is 4.60. The average molecular weight is 495 g/mol. The Morgan fingerprint density at radius 3 is 2.09 bits per heavy atom. The Kier molecular flexibility index (Phi) is 8.44. The topological polar surface area (TPSA) is 59.1 Å². The van der Waals surface area contributed by atoms with Gasteiger partial charge in [-0.15, -0.1) is 0 Å². The van der Waals surface area contributed by atoms with Gasteiger partial charge in [-0.3, -0.25) is 4.90 Å². The molecule has 0 spiro atoms. The molecule has 0 radical (unpaired) electrons. The Morgan fingerprint density at radius 1 is 0.857 bits per heavy atom. The van der Waals surface area contributed by atoms with Crippen LogP contribution in [-0.4, -0.2) is 57.5 Å². The van der Waals surface area contributed by atoms with Crippen molar-refractivity contribution in [2.45, 2.75) is 36.7 Å². The Morgan fingerprint density at radius 2 is 1.49 bits per heavy atom. The molecule has 7 heteroatoms. The number of methoxy groups -OCH3 is 2. The molecule has 0 unspecified atom stereocenters. The van der Waals surface area contributed by atoms with Crippen molar-refractivity contribution in [1.29, 1.82) is 0 Å². The van der Waals surface area contributed by atoms with Crippen molar-refractivity contribution in [2.24, 2.45) is 0 Å². The maximum atomic E-state index is 14.1. The predicted molar refractivity (Wildman–Crippen MR) is 138 cm³/mol. The standard InChI is InChI=1S/C28H34N2O4S/c1-33-26-13-14-27(34-2)28(21-26)35(31,32)30(20-15-23-9-5-3-6-10-23)25-16-18-29(19-17-25)22-24-11-7-4-8-12-24/h3-14,21,25H,15-20,22H2,1-2H3. The Labute approximate surface area is 209 Å². The monoisotopic (exact) mass is 494 g/mol. The lowest BCUT2D eigenvalue weighted by molar-refractivity contribution is 0.153. The molecular formula is C28H34N2O4S. The molecule has 1 heterocycles. The van der Waals surface area contributed by atoms with Crippen LogP contribution < -0.4 is 9.47 Å². The van der Waals surface area contributed by atoms with E-state index in [0.29, 0.717) is 24.5 Å². The first-order valence-electron chi connectivity index (χ1n) is 12.1. The minimum Gasteiger partial charge on any atom is -0.497 e. The number of nitrogens with zero attached hydrogens (tertiary/aromatic N) is 2. The minimum atomic E-state index is -3.81. The van der Waals surface area contributed by atoms with Gasteiger partial charge in [0, 0.05) is 38.3 Å². The van der Waals surface area contributed by atoms with Crippen molar-refractivity contribution < 1.29 is 17.9 Å². The molecule has 0 aliphatic carbocycles. The summed E-state index contributed by atoms with van der Waals surface area (Å²) in [4.78, 5) is 2.55. The van der Waals surface area contributed by atoms with Crippen LogP contribution in [-0.2, 0) is 23.0 Å². The molecule has 1 aliphatic rings. The van der Waals surface area contributed by atoms with Crippen LogP contribution in [0.2, 0.25) is 0 Å². The van der Waals surface area contributed by atoms with E-state index in [1.54, 1.807) is 22.5 Å². The number of likely N-dealkylation sites (tertiary alicyclic amines) is 1. The maximum absolute atomic E-state index is 14.1. The molecule has 186 valence electrons. The average Bonchev–Trinajstić information content (AvgIpc) is 2.90. The van der Waals surface area contributed by atoms with Gasteiger partial charge in [0.25, 0.3) is 0 Å². The first-order valence-corrected chi connectivity index (χ1v) is 13.5. The van der Waals surface area contributed by atoms with E-state index in [4.69, 9.17) is 9.47 Å². The van der Waals surface area contributed by atoms with Crippen LogP contribution in [0.5, 0.6) is 11.5 Å². The molecule has 6 nitrogen and oxygen atoms in total. The van der Waals surface area contributed by atoms with Crippen molar-refractivity contribution in [2.75, 3.05) is 33.9 Å². The summed E-state index contributed by atoms with van der Waals surface area (Å²) in [5, 5.41) is 0. The molecule has 4 rings (SSSR count). The molecule has 3 aromatic carbocycles. The number of piperidine rings is 1. The summed E-state index contributed by atoms with van der Waals surface area (Å²) >= 11 is 0. The fourth-order valence-corrected chi connectivity index (χ4v) is 6.56. The summed E-state index contributed by atoms with van der Waals surface area (Å²) in [5.41, 5.74) is 2.40. The normalized spacial score (nSPS) is 15.3. The van der Waals surface area contributed by atoms with Crippen molar-refractivity contribution in [3.63, 3.8) is 0 Å². The first kappa shape index (κ1) is 25.2. The number of hydrogen-bond acceptors (Lipinski definition) is 5. The molecule has 1 aliphatic heterocycles. The summed E-state index contributed by atoms with van der Waals surface area (Å²) < 4.78 is 40.6. The molecule has 0 N–H and O–H groups in total. The van der Waals surface area contributed by atoms with E-state index in [-0.39, 0.29) is 10.9 Å². The van der Waals surface area contributed by atoms with Crippen LogP contribution in [0, 0.1) is 0 Å². The Bertz CT molecular complexity index is 1180.